The molecule has 96 valence electrons. The van der Waals surface area contributed by atoms with E-state index in [-0.39, 0.29) is 6.04 Å². The van der Waals surface area contributed by atoms with E-state index in [0.717, 1.165) is 19.3 Å². The molecule has 1 saturated heterocycles. The Morgan fingerprint density at radius 3 is 2.44 bits per heavy atom. The minimum atomic E-state index is -3.28. The number of nitrogens with zero attached hydrogens (tertiary/aromatic N) is 1. The molecule has 3 N–H and O–H groups in total. The Hall–Kier alpha value is -0.170. The van der Waals surface area contributed by atoms with Crippen LogP contribution in [0.1, 0.15) is 33.1 Å². The highest BCUT2D eigenvalue weighted by Crippen LogP contribution is 2.18. The Morgan fingerprint density at radius 2 is 2.00 bits per heavy atom. The fraction of sp³-hybridized carbons (Fsp3) is 1.00. The molecule has 1 unspecified atom stereocenters. The second-order valence-electron chi connectivity index (χ2n) is 4.51. The lowest BCUT2D eigenvalue weighted by molar-refractivity contribution is 0.274. The lowest BCUT2D eigenvalue weighted by atomic mass is 9.99. The van der Waals surface area contributed by atoms with Gasteiger partial charge in [-0.2, -0.15) is 17.4 Å². The van der Waals surface area contributed by atoms with E-state index >= 15 is 0 Å². The second kappa shape index (κ2) is 5.95. The third kappa shape index (κ3) is 3.69. The molecule has 1 aliphatic heterocycles. The number of hydrogen-bond acceptors (Lipinski definition) is 3. The van der Waals surface area contributed by atoms with Crippen molar-refractivity contribution in [2.24, 2.45) is 11.7 Å². The molecule has 0 spiro atoms. The van der Waals surface area contributed by atoms with Crippen molar-refractivity contribution in [1.82, 2.24) is 9.03 Å². The summed E-state index contributed by atoms with van der Waals surface area (Å²) in [5.74, 6) is 0.482. The van der Waals surface area contributed by atoms with E-state index in [4.69, 9.17) is 5.73 Å². The van der Waals surface area contributed by atoms with Gasteiger partial charge in [-0.3, -0.25) is 0 Å². The van der Waals surface area contributed by atoms with Crippen LogP contribution in [0.3, 0.4) is 0 Å². The highest BCUT2D eigenvalue weighted by molar-refractivity contribution is 7.87. The summed E-state index contributed by atoms with van der Waals surface area (Å²) in [7, 11) is -3.28. The maximum atomic E-state index is 11.9. The van der Waals surface area contributed by atoms with Crippen LogP contribution < -0.4 is 10.5 Å². The molecular formula is C10H23N3O2S. The Kier molecular flexibility index (Phi) is 5.17. The SMILES string of the molecule is CCC(C)NS(=O)(=O)N1CCC(CN)CC1. The standard InChI is InChI=1S/C10H23N3O2S/c1-3-9(2)12-16(14,15)13-6-4-10(8-11)5-7-13/h9-10,12H,3-8,11H2,1-2H3. The molecule has 1 heterocycles. The van der Waals surface area contributed by atoms with Crippen molar-refractivity contribution < 1.29 is 8.42 Å². The van der Waals surface area contributed by atoms with Gasteiger partial charge >= 0.3 is 0 Å². The van der Waals surface area contributed by atoms with Gasteiger partial charge in [-0.25, -0.2) is 0 Å². The normalized spacial score (nSPS) is 22.2. The Bertz CT molecular complexity index is 297. The molecule has 1 fully saturated rings. The average molecular weight is 249 g/mol. The largest absolute Gasteiger partial charge is 0.330 e. The van der Waals surface area contributed by atoms with Crippen LogP contribution in [0, 0.1) is 5.92 Å². The summed E-state index contributed by atoms with van der Waals surface area (Å²) in [5.41, 5.74) is 5.58. The van der Waals surface area contributed by atoms with Crippen molar-refractivity contribution >= 4 is 10.2 Å². The molecule has 1 aliphatic rings. The number of rotatable bonds is 5. The van der Waals surface area contributed by atoms with Gasteiger partial charge in [0.25, 0.3) is 10.2 Å². The Morgan fingerprint density at radius 1 is 1.44 bits per heavy atom. The third-order valence-electron chi connectivity index (χ3n) is 3.21. The van der Waals surface area contributed by atoms with Crippen LogP contribution in [0.5, 0.6) is 0 Å². The lowest BCUT2D eigenvalue weighted by Gasteiger charge is -2.31. The van der Waals surface area contributed by atoms with E-state index in [1.165, 1.54) is 4.31 Å². The highest BCUT2D eigenvalue weighted by Gasteiger charge is 2.27. The van der Waals surface area contributed by atoms with E-state index in [2.05, 4.69) is 4.72 Å². The molecule has 16 heavy (non-hydrogen) atoms. The van der Waals surface area contributed by atoms with Crippen LogP contribution in [0.2, 0.25) is 0 Å². The second-order valence-corrected chi connectivity index (χ2v) is 6.21. The van der Waals surface area contributed by atoms with Gasteiger partial charge in [0.05, 0.1) is 0 Å². The summed E-state index contributed by atoms with van der Waals surface area (Å²) in [4.78, 5) is 0. The summed E-state index contributed by atoms with van der Waals surface area (Å²) in [6.45, 7) is 5.69. The summed E-state index contributed by atoms with van der Waals surface area (Å²) < 4.78 is 28.1. The first-order valence-corrected chi connectivity index (χ1v) is 7.41. The molecule has 1 rings (SSSR count). The summed E-state index contributed by atoms with van der Waals surface area (Å²) >= 11 is 0. The fourth-order valence-electron chi connectivity index (χ4n) is 1.80. The molecule has 0 aromatic heterocycles. The third-order valence-corrected chi connectivity index (χ3v) is 4.95. The molecule has 0 bridgehead atoms. The van der Waals surface area contributed by atoms with Gasteiger partial charge < -0.3 is 5.73 Å². The van der Waals surface area contributed by atoms with Crippen LogP contribution in [0.25, 0.3) is 0 Å². The van der Waals surface area contributed by atoms with Crippen molar-refractivity contribution in [3.05, 3.63) is 0 Å². The molecule has 0 saturated carbocycles. The maximum Gasteiger partial charge on any atom is 0.279 e. The van der Waals surface area contributed by atoms with Crippen LogP contribution >= 0.6 is 0 Å². The Balaban J connectivity index is 2.51. The zero-order chi connectivity index (χ0) is 12.2. The molecular weight excluding hydrogens is 226 g/mol. The number of nitrogens with one attached hydrogen (secondary N) is 1. The highest BCUT2D eigenvalue weighted by atomic mass is 32.2. The van der Waals surface area contributed by atoms with Gasteiger partial charge in [-0.15, -0.1) is 0 Å². The molecule has 0 aromatic rings. The summed E-state index contributed by atoms with van der Waals surface area (Å²) in [5, 5.41) is 0. The van der Waals surface area contributed by atoms with Gasteiger partial charge in [-0.1, -0.05) is 6.92 Å². The van der Waals surface area contributed by atoms with Crippen LogP contribution in [-0.2, 0) is 10.2 Å². The van der Waals surface area contributed by atoms with Crippen molar-refractivity contribution in [1.29, 1.82) is 0 Å². The number of piperidine rings is 1. The number of hydrogen-bond donors (Lipinski definition) is 2. The minimum absolute atomic E-state index is 0.00256. The van der Waals surface area contributed by atoms with E-state index in [9.17, 15) is 8.42 Å². The molecule has 0 aliphatic carbocycles. The van der Waals surface area contributed by atoms with Gasteiger partial charge in [-0.05, 0) is 38.6 Å². The lowest BCUT2D eigenvalue weighted by Crippen LogP contribution is -2.48. The molecule has 6 heteroatoms. The maximum absolute atomic E-state index is 11.9. The zero-order valence-corrected chi connectivity index (χ0v) is 11.0. The van der Waals surface area contributed by atoms with Gasteiger partial charge in [0.15, 0.2) is 0 Å². The Labute approximate surface area is 98.6 Å². The topological polar surface area (TPSA) is 75.4 Å². The van der Waals surface area contributed by atoms with Crippen molar-refractivity contribution in [2.75, 3.05) is 19.6 Å². The van der Waals surface area contributed by atoms with E-state index in [0.29, 0.717) is 25.6 Å². The molecule has 0 aromatic carbocycles. The first-order chi connectivity index (χ1) is 7.49. The van der Waals surface area contributed by atoms with Crippen LogP contribution in [0.15, 0.2) is 0 Å². The molecule has 5 nitrogen and oxygen atoms in total. The van der Waals surface area contributed by atoms with Crippen molar-refractivity contribution in [2.45, 2.75) is 39.2 Å². The van der Waals surface area contributed by atoms with Crippen molar-refractivity contribution in [3.8, 4) is 0 Å². The van der Waals surface area contributed by atoms with Crippen molar-refractivity contribution in [3.63, 3.8) is 0 Å². The monoisotopic (exact) mass is 249 g/mol. The first kappa shape index (κ1) is 13.9. The molecule has 0 radical (unpaired) electrons. The first-order valence-electron chi connectivity index (χ1n) is 5.97. The minimum Gasteiger partial charge on any atom is -0.330 e. The number of nitrogens with two attached hydrogens (primary N) is 1. The summed E-state index contributed by atoms with van der Waals surface area (Å²) in [6.07, 6.45) is 2.55. The zero-order valence-electron chi connectivity index (χ0n) is 10.1. The van der Waals surface area contributed by atoms with Gasteiger partial charge in [0, 0.05) is 19.1 Å². The predicted molar refractivity (Wildman–Crippen MR) is 65.2 cm³/mol. The fourth-order valence-corrected chi connectivity index (χ4v) is 3.31. The van der Waals surface area contributed by atoms with Gasteiger partial charge in [0.1, 0.15) is 0 Å². The van der Waals surface area contributed by atoms with Crippen LogP contribution in [-0.4, -0.2) is 38.4 Å². The van der Waals surface area contributed by atoms with E-state index in [1.54, 1.807) is 0 Å². The van der Waals surface area contributed by atoms with Crippen LogP contribution in [0.4, 0.5) is 0 Å². The smallest absolute Gasteiger partial charge is 0.279 e. The summed E-state index contributed by atoms with van der Waals surface area (Å²) in [6, 6.07) is -0.00256. The molecule has 0 amide bonds. The quantitative estimate of drug-likeness (QED) is 0.735. The molecule has 1 atom stereocenters. The van der Waals surface area contributed by atoms with E-state index < -0.39 is 10.2 Å². The van der Waals surface area contributed by atoms with Gasteiger partial charge in [0.2, 0.25) is 0 Å². The predicted octanol–water partition coefficient (Wildman–Crippen LogP) is 0.290. The average Bonchev–Trinajstić information content (AvgIpc) is 2.28. The van der Waals surface area contributed by atoms with E-state index in [1.807, 2.05) is 13.8 Å².